The Kier molecular flexibility index (Phi) is 4.94. The molecule has 130 valence electrons. The van der Waals surface area contributed by atoms with Crippen LogP contribution in [0, 0.1) is 10.1 Å². The summed E-state index contributed by atoms with van der Waals surface area (Å²) < 4.78 is 1.45. The van der Waals surface area contributed by atoms with Gasteiger partial charge in [0.2, 0.25) is 0 Å². The molecule has 1 heterocycles. The topological polar surface area (TPSA) is 128 Å². The summed E-state index contributed by atoms with van der Waals surface area (Å²) in [6.07, 6.45) is 2.72. The maximum Gasteiger partial charge on any atom is 0.288 e. The second kappa shape index (κ2) is 7.49. The minimum Gasteiger partial charge on any atom is -0.267 e. The first-order valence-electron chi connectivity index (χ1n) is 7.15. The third kappa shape index (κ3) is 3.87. The van der Waals surface area contributed by atoms with Gasteiger partial charge in [-0.05, 0) is 40.8 Å². The van der Waals surface area contributed by atoms with Crippen molar-refractivity contribution in [1.82, 2.24) is 25.6 Å². The quantitative estimate of drug-likeness (QED) is 0.415. The van der Waals surface area contributed by atoms with Crippen molar-refractivity contribution in [1.29, 1.82) is 0 Å². The van der Waals surface area contributed by atoms with Crippen LogP contribution in [0.15, 0.2) is 53.9 Å². The van der Waals surface area contributed by atoms with Crippen molar-refractivity contribution >= 4 is 29.4 Å². The molecule has 0 fully saturated rings. The lowest BCUT2D eigenvalue weighted by Crippen LogP contribution is -2.17. The molecule has 0 aliphatic heterocycles. The van der Waals surface area contributed by atoms with Crippen LogP contribution >= 0.6 is 11.6 Å². The molecule has 0 bridgehead atoms. The van der Waals surface area contributed by atoms with Crippen LogP contribution in [0.25, 0.3) is 5.69 Å². The summed E-state index contributed by atoms with van der Waals surface area (Å²) in [5, 5.41) is 25.5. The lowest BCUT2D eigenvalue weighted by atomic mass is 10.2. The average Bonchev–Trinajstić information content (AvgIpc) is 3.17. The standard InChI is InChI=1S/C15H10ClN7O3/c16-13-6-1-10(7-14(13)23(25)26)8-17-19-15(24)11-2-4-12(5-3-11)22-9-18-20-21-22/h1-9H,(H,19,24)/b17-8+. The van der Waals surface area contributed by atoms with Crippen molar-refractivity contribution in [2.75, 3.05) is 0 Å². The monoisotopic (exact) mass is 371 g/mol. The molecule has 1 aromatic heterocycles. The molecular weight excluding hydrogens is 362 g/mol. The summed E-state index contributed by atoms with van der Waals surface area (Å²) in [5.41, 5.74) is 3.61. The van der Waals surface area contributed by atoms with Crippen LogP contribution in [0.2, 0.25) is 5.02 Å². The van der Waals surface area contributed by atoms with Crippen LogP contribution < -0.4 is 5.43 Å². The van der Waals surface area contributed by atoms with Crippen LogP contribution in [-0.4, -0.2) is 37.3 Å². The number of nitro benzene ring substituents is 1. The average molecular weight is 372 g/mol. The highest BCUT2D eigenvalue weighted by molar-refractivity contribution is 6.32. The molecule has 3 rings (SSSR count). The molecule has 10 nitrogen and oxygen atoms in total. The predicted octanol–water partition coefficient (Wildman–Crippen LogP) is 1.99. The Labute approximate surface area is 151 Å². The van der Waals surface area contributed by atoms with Gasteiger partial charge in [-0.3, -0.25) is 14.9 Å². The number of hydrogen-bond donors (Lipinski definition) is 1. The van der Waals surface area contributed by atoms with E-state index in [0.29, 0.717) is 16.8 Å². The van der Waals surface area contributed by atoms with Crippen LogP contribution in [0.5, 0.6) is 0 Å². The van der Waals surface area contributed by atoms with Crippen LogP contribution in [0.4, 0.5) is 5.69 Å². The number of hydrazone groups is 1. The Balaban J connectivity index is 1.66. The minimum atomic E-state index is -0.593. The molecular formula is C15H10ClN7O3. The van der Waals surface area contributed by atoms with Crippen LogP contribution in [0.1, 0.15) is 15.9 Å². The van der Waals surface area contributed by atoms with Crippen molar-refractivity contribution < 1.29 is 9.72 Å². The number of tetrazole rings is 1. The van der Waals surface area contributed by atoms with E-state index in [1.54, 1.807) is 30.3 Å². The maximum atomic E-state index is 12.1. The Morgan fingerprint density at radius 1 is 1.27 bits per heavy atom. The van der Waals surface area contributed by atoms with Crippen LogP contribution in [-0.2, 0) is 0 Å². The largest absolute Gasteiger partial charge is 0.288 e. The van der Waals surface area contributed by atoms with Gasteiger partial charge in [-0.15, -0.1) is 5.10 Å². The molecule has 0 unspecified atom stereocenters. The summed E-state index contributed by atoms with van der Waals surface area (Å²) in [6, 6.07) is 10.7. The van der Waals surface area contributed by atoms with Crippen molar-refractivity contribution in [3.63, 3.8) is 0 Å². The molecule has 0 aliphatic rings. The van der Waals surface area contributed by atoms with Crippen molar-refractivity contribution in [2.24, 2.45) is 5.10 Å². The number of carbonyl (C=O) groups excluding carboxylic acids is 1. The van der Waals surface area contributed by atoms with E-state index in [1.807, 2.05) is 0 Å². The second-order valence-corrected chi connectivity index (χ2v) is 5.38. The fourth-order valence-electron chi connectivity index (χ4n) is 2.03. The molecule has 0 saturated carbocycles. The number of amides is 1. The van der Waals surface area contributed by atoms with Gasteiger partial charge in [-0.25, -0.2) is 10.1 Å². The van der Waals surface area contributed by atoms with Gasteiger partial charge in [-0.2, -0.15) is 5.10 Å². The van der Waals surface area contributed by atoms with Gasteiger partial charge < -0.3 is 0 Å². The summed E-state index contributed by atoms with van der Waals surface area (Å²) in [5.74, 6) is -0.437. The van der Waals surface area contributed by atoms with Crippen molar-refractivity contribution in [3.05, 3.63) is 75.1 Å². The molecule has 1 N–H and O–H groups in total. The molecule has 0 saturated heterocycles. The predicted molar refractivity (Wildman–Crippen MR) is 92.3 cm³/mol. The van der Waals surface area contributed by atoms with Crippen molar-refractivity contribution in [3.8, 4) is 5.69 Å². The number of nitrogens with one attached hydrogen (secondary N) is 1. The first-order chi connectivity index (χ1) is 12.5. The van der Waals surface area contributed by atoms with Crippen molar-refractivity contribution in [2.45, 2.75) is 0 Å². The van der Waals surface area contributed by atoms with Gasteiger partial charge in [0, 0.05) is 17.2 Å². The van der Waals surface area contributed by atoms with E-state index in [0.717, 1.165) is 0 Å². The molecule has 0 atom stereocenters. The number of benzene rings is 2. The Bertz CT molecular complexity index is 971. The number of aromatic nitrogens is 4. The van der Waals surface area contributed by atoms with E-state index in [9.17, 15) is 14.9 Å². The molecule has 0 aliphatic carbocycles. The Hall–Kier alpha value is -3.66. The highest BCUT2D eigenvalue weighted by Gasteiger charge is 2.12. The van der Waals surface area contributed by atoms with Gasteiger partial charge in [0.05, 0.1) is 16.8 Å². The zero-order chi connectivity index (χ0) is 18.5. The first-order valence-corrected chi connectivity index (χ1v) is 7.53. The first kappa shape index (κ1) is 17.2. The van der Waals surface area contributed by atoms with E-state index in [4.69, 9.17) is 11.6 Å². The zero-order valence-corrected chi connectivity index (χ0v) is 13.7. The molecule has 0 spiro atoms. The van der Waals surface area contributed by atoms with E-state index < -0.39 is 10.8 Å². The number of carbonyl (C=O) groups is 1. The minimum absolute atomic E-state index is 0.0267. The van der Waals surface area contributed by atoms with E-state index >= 15 is 0 Å². The number of rotatable bonds is 5. The third-order valence-electron chi connectivity index (χ3n) is 3.29. The maximum absolute atomic E-state index is 12.1. The lowest BCUT2D eigenvalue weighted by molar-refractivity contribution is -0.384. The van der Waals surface area contributed by atoms with E-state index in [2.05, 4.69) is 26.1 Å². The number of hydrogen-bond acceptors (Lipinski definition) is 7. The molecule has 26 heavy (non-hydrogen) atoms. The van der Waals surface area contributed by atoms with Crippen LogP contribution in [0.3, 0.4) is 0 Å². The SMILES string of the molecule is O=C(N/N=C/c1ccc(Cl)c([N+](=O)[O-])c1)c1ccc(-n2cnnn2)cc1. The molecule has 11 heteroatoms. The fourth-order valence-corrected chi connectivity index (χ4v) is 2.21. The summed E-state index contributed by atoms with van der Waals surface area (Å²) in [6.45, 7) is 0. The fraction of sp³-hybridized carbons (Fsp3) is 0. The van der Waals surface area contributed by atoms with Gasteiger partial charge in [0.15, 0.2) is 0 Å². The zero-order valence-electron chi connectivity index (χ0n) is 13.0. The summed E-state index contributed by atoms with van der Waals surface area (Å²) >= 11 is 5.74. The molecule has 1 amide bonds. The second-order valence-electron chi connectivity index (χ2n) is 4.97. The van der Waals surface area contributed by atoms with E-state index in [-0.39, 0.29) is 10.7 Å². The number of halogens is 1. The summed E-state index contributed by atoms with van der Waals surface area (Å²) in [7, 11) is 0. The Morgan fingerprint density at radius 3 is 2.69 bits per heavy atom. The summed E-state index contributed by atoms with van der Waals surface area (Å²) in [4.78, 5) is 22.3. The highest BCUT2D eigenvalue weighted by atomic mass is 35.5. The number of nitrogens with zero attached hydrogens (tertiary/aromatic N) is 6. The Morgan fingerprint density at radius 2 is 2.04 bits per heavy atom. The van der Waals surface area contributed by atoms with Gasteiger partial charge in [0.25, 0.3) is 11.6 Å². The molecule has 0 radical (unpaired) electrons. The van der Waals surface area contributed by atoms with Gasteiger partial charge in [-0.1, -0.05) is 17.7 Å². The third-order valence-corrected chi connectivity index (χ3v) is 3.61. The number of nitro groups is 1. The highest BCUT2D eigenvalue weighted by Crippen LogP contribution is 2.24. The van der Waals surface area contributed by atoms with E-state index in [1.165, 1.54) is 29.4 Å². The lowest BCUT2D eigenvalue weighted by Gasteiger charge is -2.02. The molecule has 3 aromatic rings. The molecule has 2 aromatic carbocycles. The normalized spacial score (nSPS) is 10.8. The van der Waals surface area contributed by atoms with Gasteiger partial charge >= 0.3 is 0 Å². The van der Waals surface area contributed by atoms with Gasteiger partial charge in [0.1, 0.15) is 11.3 Å². The smallest absolute Gasteiger partial charge is 0.267 e.